The zero-order valence-corrected chi connectivity index (χ0v) is 13.1. The Morgan fingerprint density at radius 1 is 1.52 bits per heavy atom. The Morgan fingerprint density at radius 3 is 3.00 bits per heavy atom. The molecule has 6 atom stereocenters. The molecule has 1 unspecified atom stereocenters. The number of allylic oxidation sites excluding steroid dienone is 2. The molecule has 118 valence electrons. The summed E-state index contributed by atoms with van der Waals surface area (Å²) in [6, 6.07) is 0. The monoisotopic (exact) mass is 296 g/mol. The van der Waals surface area contributed by atoms with Gasteiger partial charge in [-0.05, 0) is 39.5 Å². The van der Waals surface area contributed by atoms with E-state index in [2.05, 4.69) is 19.9 Å². The van der Waals surface area contributed by atoms with Crippen molar-refractivity contribution in [2.24, 2.45) is 11.8 Å². The minimum Gasteiger partial charge on any atom is -0.459 e. The zero-order valence-electron chi connectivity index (χ0n) is 13.1. The van der Waals surface area contributed by atoms with Crippen LogP contribution in [0.1, 0.15) is 39.5 Å². The molecule has 3 rings (SSSR count). The second kappa shape index (κ2) is 5.38. The number of hydrogen-bond donors (Lipinski definition) is 2. The number of esters is 1. The van der Waals surface area contributed by atoms with Gasteiger partial charge in [0.25, 0.3) is 0 Å². The van der Waals surface area contributed by atoms with E-state index in [9.17, 15) is 10.0 Å². The molecular formula is C16H26NO4+. The number of hydroxylamine groups is 2. The molecule has 2 fully saturated rings. The van der Waals surface area contributed by atoms with Gasteiger partial charge in [0, 0.05) is 5.92 Å². The van der Waals surface area contributed by atoms with Crippen LogP contribution in [0.4, 0.5) is 0 Å². The van der Waals surface area contributed by atoms with Crippen LogP contribution < -0.4 is 5.06 Å². The fourth-order valence-electron chi connectivity index (χ4n) is 3.89. The molecule has 0 aromatic rings. The van der Waals surface area contributed by atoms with Gasteiger partial charge in [-0.1, -0.05) is 11.6 Å². The molecule has 0 aromatic carbocycles. The summed E-state index contributed by atoms with van der Waals surface area (Å²) in [4.78, 5) is 12.2. The van der Waals surface area contributed by atoms with Crippen LogP contribution in [-0.2, 0) is 14.3 Å². The fraction of sp³-hybridized carbons (Fsp3) is 0.812. The zero-order chi connectivity index (χ0) is 15.2. The van der Waals surface area contributed by atoms with E-state index in [1.54, 1.807) is 7.05 Å². The summed E-state index contributed by atoms with van der Waals surface area (Å²) in [6.45, 7) is 4.68. The molecule has 0 saturated carbocycles. The molecule has 5 heteroatoms. The number of fused-ring (bicyclic) bond motifs is 3. The SMILES string of the molecule is C/C1=C\CC[C@@]2(C)O[C@H]2[C@H]2OC(=O)[C@@H](C[NH+](C)O)[C@@H]2CC1. The minimum atomic E-state index is -0.222. The van der Waals surface area contributed by atoms with E-state index < -0.39 is 0 Å². The van der Waals surface area contributed by atoms with E-state index in [1.165, 1.54) is 5.57 Å². The van der Waals surface area contributed by atoms with Crippen molar-refractivity contribution in [1.29, 1.82) is 0 Å². The Bertz CT molecular complexity index is 461. The van der Waals surface area contributed by atoms with E-state index in [0.717, 1.165) is 25.7 Å². The van der Waals surface area contributed by atoms with Crippen molar-refractivity contribution in [3.63, 3.8) is 0 Å². The highest BCUT2D eigenvalue weighted by atomic mass is 16.6. The van der Waals surface area contributed by atoms with Gasteiger partial charge in [0.05, 0.1) is 12.6 Å². The van der Waals surface area contributed by atoms with Crippen LogP contribution in [0.5, 0.6) is 0 Å². The van der Waals surface area contributed by atoms with Gasteiger partial charge in [-0.3, -0.25) is 4.79 Å². The van der Waals surface area contributed by atoms with Gasteiger partial charge in [0.15, 0.2) is 0 Å². The van der Waals surface area contributed by atoms with Crippen molar-refractivity contribution in [2.45, 2.75) is 57.3 Å². The largest absolute Gasteiger partial charge is 0.459 e. The molecule has 2 heterocycles. The maximum atomic E-state index is 12.2. The van der Waals surface area contributed by atoms with Crippen molar-refractivity contribution < 1.29 is 24.5 Å². The Morgan fingerprint density at radius 2 is 2.29 bits per heavy atom. The van der Waals surface area contributed by atoms with Gasteiger partial charge in [0.1, 0.15) is 24.7 Å². The van der Waals surface area contributed by atoms with E-state index >= 15 is 0 Å². The van der Waals surface area contributed by atoms with Crippen molar-refractivity contribution in [2.75, 3.05) is 13.6 Å². The van der Waals surface area contributed by atoms with Gasteiger partial charge in [0.2, 0.25) is 0 Å². The first-order valence-corrected chi connectivity index (χ1v) is 7.96. The van der Waals surface area contributed by atoms with Crippen molar-refractivity contribution in [1.82, 2.24) is 0 Å². The van der Waals surface area contributed by atoms with Gasteiger partial charge >= 0.3 is 5.97 Å². The summed E-state index contributed by atoms with van der Waals surface area (Å²) in [5, 5.41) is 9.90. The number of rotatable bonds is 2. The predicted molar refractivity (Wildman–Crippen MR) is 75.9 cm³/mol. The van der Waals surface area contributed by atoms with Crippen LogP contribution in [0, 0.1) is 11.8 Å². The van der Waals surface area contributed by atoms with Gasteiger partial charge < -0.3 is 9.47 Å². The molecule has 0 aromatic heterocycles. The Balaban J connectivity index is 1.83. The van der Waals surface area contributed by atoms with Gasteiger partial charge in [-0.15, -0.1) is 0 Å². The normalized spacial score (nSPS) is 46.7. The Hall–Kier alpha value is -0.910. The maximum absolute atomic E-state index is 12.2. The molecule has 5 nitrogen and oxygen atoms in total. The Labute approximate surface area is 125 Å². The van der Waals surface area contributed by atoms with Crippen LogP contribution in [0.2, 0.25) is 0 Å². The first-order chi connectivity index (χ1) is 9.90. The third kappa shape index (κ3) is 2.87. The van der Waals surface area contributed by atoms with Crippen molar-refractivity contribution in [3.05, 3.63) is 11.6 Å². The lowest BCUT2D eigenvalue weighted by molar-refractivity contribution is -1.07. The molecule has 21 heavy (non-hydrogen) atoms. The average Bonchev–Trinajstić information content (AvgIpc) is 2.97. The summed E-state index contributed by atoms with van der Waals surface area (Å²) in [5.41, 5.74) is 1.23. The molecule has 0 spiro atoms. The number of hydrogen-bond acceptors (Lipinski definition) is 4. The third-order valence-electron chi connectivity index (χ3n) is 5.25. The topological polar surface area (TPSA) is 63.5 Å². The van der Waals surface area contributed by atoms with Crippen molar-refractivity contribution in [3.8, 4) is 0 Å². The number of ether oxygens (including phenoxy) is 2. The fourth-order valence-corrected chi connectivity index (χ4v) is 3.89. The summed E-state index contributed by atoms with van der Waals surface area (Å²) >= 11 is 0. The van der Waals surface area contributed by atoms with Crippen LogP contribution >= 0.6 is 0 Å². The standard InChI is InChI=1S/C16H25NO4/c1-10-5-4-8-16(2)14(21-16)13-11(7-6-10)12(9-17(3)19)15(18)20-13/h5,11-14,19H,4,6-9H2,1-3H3/p+1/b10-5+/t11-,12-,13-,14-,16+/m0/s1. The lowest BCUT2D eigenvalue weighted by Gasteiger charge is -2.22. The molecule has 0 radical (unpaired) electrons. The quantitative estimate of drug-likeness (QED) is 0.341. The Kier molecular flexibility index (Phi) is 3.84. The molecule has 0 bridgehead atoms. The summed E-state index contributed by atoms with van der Waals surface area (Å²) in [7, 11) is 1.66. The van der Waals surface area contributed by atoms with Crippen LogP contribution in [0.3, 0.4) is 0 Å². The summed E-state index contributed by atoms with van der Waals surface area (Å²) < 4.78 is 11.6. The first-order valence-electron chi connectivity index (χ1n) is 7.96. The van der Waals surface area contributed by atoms with Gasteiger partial charge in [-0.25, -0.2) is 5.21 Å². The maximum Gasteiger partial charge on any atom is 0.315 e. The lowest BCUT2D eigenvalue weighted by Crippen LogP contribution is -3.07. The number of quaternary nitrogens is 1. The molecule has 0 amide bonds. The molecule has 3 aliphatic rings. The smallest absolute Gasteiger partial charge is 0.315 e. The van der Waals surface area contributed by atoms with Crippen LogP contribution in [0.15, 0.2) is 11.6 Å². The van der Waals surface area contributed by atoms with Crippen molar-refractivity contribution >= 4 is 5.97 Å². The third-order valence-corrected chi connectivity index (χ3v) is 5.25. The lowest BCUT2D eigenvalue weighted by atomic mass is 9.80. The second-order valence-electron chi connectivity index (χ2n) is 7.09. The molecule has 1 aliphatic carbocycles. The number of epoxide rings is 1. The molecule has 2 aliphatic heterocycles. The minimum absolute atomic E-state index is 0.0299. The highest BCUT2D eigenvalue weighted by Gasteiger charge is 2.63. The highest BCUT2D eigenvalue weighted by molar-refractivity contribution is 5.75. The van der Waals surface area contributed by atoms with E-state index in [1.807, 2.05) is 0 Å². The van der Waals surface area contributed by atoms with E-state index in [4.69, 9.17) is 9.47 Å². The van der Waals surface area contributed by atoms with Gasteiger partial charge in [-0.2, -0.15) is 5.06 Å². The summed E-state index contributed by atoms with van der Waals surface area (Å²) in [5.74, 6) is -0.245. The first kappa shape index (κ1) is 15.0. The molecular weight excluding hydrogens is 270 g/mol. The van der Waals surface area contributed by atoms with E-state index in [0.29, 0.717) is 11.6 Å². The van der Waals surface area contributed by atoms with Crippen LogP contribution in [-0.4, -0.2) is 42.6 Å². The second-order valence-corrected chi connectivity index (χ2v) is 7.09. The van der Waals surface area contributed by atoms with Crippen LogP contribution in [0.25, 0.3) is 0 Å². The molecule has 2 saturated heterocycles. The van der Waals surface area contributed by atoms with E-state index in [-0.39, 0.29) is 35.6 Å². The highest BCUT2D eigenvalue weighted by Crippen LogP contribution is 2.49. The number of carbonyl (C=O) groups is 1. The predicted octanol–water partition coefficient (Wildman–Crippen LogP) is 0.726. The summed E-state index contributed by atoms with van der Waals surface area (Å²) in [6.07, 6.45) is 6.10. The number of carbonyl (C=O) groups excluding carboxylic acids is 1. The average molecular weight is 296 g/mol. The number of nitrogens with one attached hydrogen (secondary N) is 1. The molecule has 2 N–H and O–H groups in total.